The van der Waals surface area contributed by atoms with E-state index in [1.165, 1.54) is 6.21 Å². The standard InChI is InChI=1S/C25H20N4O4/c1-17-6-2-4-8-21(17)25(32)33-22-9-5-3-7-19(22)16-27-29-24(31)23(30)28-20-12-10-18(11-13-20)14-15-26/h2-13,16H,14H2,1H3,(H,28,30)(H,29,31)/b27-16+. The van der Waals surface area contributed by atoms with Gasteiger partial charge in [0.05, 0.1) is 24.3 Å². The summed E-state index contributed by atoms with van der Waals surface area (Å²) in [5.41, 5.74) is 5.01. The normalized spacial score (nSPS) is 10.3. The van der Waals surface area contributed by atoms with Crippen LogP contribution in [0, 0.1) is 18.3 Å². The molecule has 164 valence electrons. The molecular weight excluding hydrogens is 420 g/mol. The Labute approximate surface area is 190 Å². The third-order valence-corrected chi connectivity index (χ3v) is 4.56. The molecule has 33 heavy (non-hydrogen) atoms. The summed E-state index contributed by atoms with van der Waals surface area (Å²) < 4.78 is 5.48. The molecule has 3 aromatic carbocycles. The number of esters is 1. The average Bonchev–Trinajstić information content (AvgIpc) is 2.81. The van der Waals surface area contributed by atoms with Crippen molar-refractivity contribution in [3.05, 3.63) is 95.1 Å². The Morgan fingerprint density at radius 2 is 1.67 bits per heavy atom. The van der Waals surface area contributed by atoms with Gasteiger partial charge < -0.3 is 10.1 Å². The van der Waals surface area contributed by atoms with Crippen molar-refractivity contribution in [2.75, 3.05) is 5.32 Å². The molecule has 0 spiro atoms. The van der Waals surface area contributed by atoms with E-state index in [1.807, 2.05) is 25.1 Å². The summed E-state index contributed by atoms with van der Waals surface area (Å²) in [4.78, 5) is 36.6. The molecule has 0 heterocycles. The molecule has 0 saturated carbocycles. The number of nitrogens with zero attached hydrogens (tertiary/aromatic N) is 2. The van der Waals surface area contributed by atoms with E-state index in [0.717, 1.165) is 11.1 Å². The van der Waals surface area contributed by atoms with Crippen molar-refractivity contribution in [3.63, 3.8) is 0 Å². The number of nitriles is 1. The highest BCUT2D eigenvalue weighted by Crippen LogP contribution is 2.19. The second-order valence-electron chi connectivity index (χ2n) is 6.93. The SMILES string of the molecule is Cc1ccccc1C(=O)Oc1ccccc1/C=N/NC(=O)C(=O)Nc1ccc(CC#N)cc1. The van der Waals surface area contributed by atoms with Crippen molar-refractivity contribution in [1.82, 2.24) is 5.43 Å². The highest BCUT2D eigenvalue weighted by atomic mass is 16.5. The number of benzene rings is 3. The summed E-state index contributed by atoms with van der Waals surface area (Å²) in [6.07, 6.45) is 1.54. The van der Waals surface area contributed by atoms with Crippen LogP contribution in [0.2, 0.25) is 0 Å². The van der Waals surface area contributed by atoms with Gasteiger partial charge in [-0.2, -0.15) is 10.4 Å². The van der Waals surface area contributed by atoms with Crippen LogP contribution in [-0.4, -0.2) is 24.0 Å². The molecule has 0 aliphatic rings. The van der Waals surface area contributed by atoms with Crippen molar-refractivity contribution in [2.45, 2.75) is 13.3 Å². The van der Waals surface area contributed by atoms with Crippen molar-refractivity contribution >= 4 is 29.7 Å². The van der Waals surface area contributed by atoms with Crippen LogP contribution in [-0.2, 0) is 16.0 Å². The first kappa shape index (κ1) is 22.9. The van der Waals surface area contributed by atoms with E-state index in [-0.39, 0.29) is 12.2 Å². The van der Waals surface area contributed by atoms with Crippen molar-refractivity contribution in [2.24, 2.45) is 5.10 Å². The van der Waals surface area contributed by atoms with Gasteiger partial charge >= 0.3 is 17.8 Å². The van der Waals surface area contributed by atoms with E-state index in [4.69, 9.17) is 10.00 Å². The molecule has 8 nitrogen and oxygen atoms in total. The molecule has 0 bridgehead atoms. The minimum atomic E-state index is -0.971. The fourth-order valence-corrected chi connectivity index (χ4v) is 2.83. The maximum Gasteiger partial charge on any atom is 0.343 e. The zero-order valence-corrected chi connectivity index (χ0v) is 17.7. The lowest BCUT2D eigenvalue weighted by Crippen LogP contribution is -2.32. The summed E-state index contributed by atoms with van der Waals surface area (Å²) in [7, 11) is 0. The smallest absolute Gasteiger partial charge is 0.343 e. The Morgan fingerprint density at radius 1 is 0.970 bits per heavy atom. The van der Waals surface area contributed by atoms with E-state index < -0.39 is 17.8 Å². The van der Waals surface area contributed by atoms with Gasteiger partial charge in [-0.1, -0.05) is 42.5 Å². The molecule has 0 aliphatic heterocycles. The van der Waals surface area contributed by atoms with E-state index in [0.29, 0.717) is 16.8 Å². The highest BCUT2D eigenvalue weighted by Gasteiger charge is 2.14. The van der Waals surface area contributed by atoms with Crippen LogP contribution in [0.5, 0.6) is 5.75 Å². The number of rotatable bonds is 6. The number of anilines is 1. The molecule has 0 atom stereocenters. The first-order valence-corrected chi connectivity index (χ1v) is 9.95. The molecule has 2 amide bonds. The van der Waals surface area contributed by atoms with E-state index in [2.05, 4.69) is 15.8 Å². The van der Waals surface area contributed by atoms with Crippen LogP contribution in [0.1, 0.15) is 27.0 Å². The molecule has 8 heteroatoms. The zero-order chi connectivity index (χ0) is 23.6. The molecule has 0 aliphatic carbocycles. The molecular formula is C25H20N4O4. The van der Waals surface area contributed by atoms with Gasteiger partial charge in [0.2, 0.25) is 0 Å². The number of hydrazone groups is 1. The van der Waals surface area contributed by atoms with Crippen LogP contribution in [0.15, 0.2) is 77.9 Å². The van der Waals surface area contributed by atoms with Crippen molar-refractivity contribution in [3.8, 4) is 11.8 Å². The number of hydrogen-bond acceptors (Lipinski definition) is 6. The monoisotopic (exact) mass is 440 g/mol. The summed E-state index contributed by atoms with van der Waals surface area (Å²) in [6.45, 7) is 1.81. The van der Waals surface area contributed by atoms with Gasteiger partial charge in [-0.25, -0.2) is 10.2 Å². The van der Waals surface area contributed by atoms with E-state index >= 15 is 0 Å². The van der Waals surface area contributed by atoms with Gasteiger partial charge in [-0.15, -0.1) is 0 Å². The lowest BCUT2D eigenvalue weighted by molar-refractivity contribution is -0.136. The summed E-state index contributed by atoms with van der Waals surface area (Å²) in [6, 6.07) is 22.3. The van der Waals surface area contributed by atoms with E-state index in [1.54, 1.807) is 60.7 Å². The minimum Gasteiger partial charge on any atom is -0.422 e. The first-order chi connectivity index (χ1) is 16.0. The number of carbonyl (C=O) groups excluding carboxylic acids is 3. The Morgan fingerprint density at radius 3 is 2.39 bits per heavy atom. The van der Waals surface area contributed by atoms with Crippen LogP contribution >= 0.6 is 0 Å². The molecule has 0 fully saturated rings. The van der Waals surface area contributed by atoms with Gasteiger partial charge in [0.15, 0.2) is 0 Å². The molecule has 2 N–H and O–H groups in total. The van der Waals surface area contributed by atoms with Gasteiger partial charge in [0.25, 0.3) is 0 Å². The third-order valence-electron chi connectivity index (χ3n) is 4.56. The third kappa shape index (κ3) is 6.35. The summed E-state index contributed by atoms with van der Waals surface area (Å²) in [5.74, 6) is -2.13. The van der Waals surface area contributed by atoms with Crippen LogP contribution in [0.25, 0.3) is 0 Å². The molecule has 3 aromatic rings. The van der Waals surface area contributed by atoms with Crippen molar-refractivity contribution < 1.29 is 19.1 Å². The van der Waals surface area contributed by atoms with Crippen LogP contribution in [0.3, 0.4) is 0 Å². The number of nitrogens with one attached hydrogen (secondary N) is 2. The second-order valence-corrected chi connectivity index (χ2v) is 6.93. The van der Waals surface area contributed by atoms with Gasteiger partial charge in [0.1, 0.15) is 5.75 Å². The quantitative estimate of drug-likeness (QED) is 0.200. The number of hydrogen-bond donors (Lipinski definition) is 2. The minimum absolute atomic E-state index is 0.255. The predicted octanol–water partition coefficient (Wildman–Crippen LogP) is 3.37. The largest absolute Gasteiger partial charge is 0.422 e. The van der Waals surface area contributed by atoms with Crippen LogP contribution < -0.4 is 15.5 Å². The number of amides is 2. The van der Waals surface area contributed by atoms with Gasteiger partial charge in [-0.05, 0) is 48.4 Å². The first-order valence-electron chi connectivity index (χ1n) is 9.95. The lowest BCUT2D eigenvalue weighted by Gasteiger charge is -2.09. The molecule has 0 saturated heterocycles. The van der Waals surface area contributed by atoms with Crippen LogP contribution in [0.4, 0.5) is 5.69 Å². The fraction of sp³-hybridized carbons (Fsp3) is 0.0800. The lowest BCUT2D eigenvalue weighted by atomic mass is 10.1. The van der Waals surface area contributed by atoms with Gasteiger partial charge in [-0.3, -0.25) is 9.59 Å². The zero-order valence-electron chi connectivity index (χ0n) is 17.7. The fourth-order valence-electron chi connectivity index (χ4n) is 2.83. The molecule has 0 aromatic heterocycles. The second kappa shape index (κ2) is 11.0. The Kier molecular flexibility index (Phi) is 7.65. The molecule has 3 rings (SSSR count). The number of carbonyl (C=O) groups is 3. The van der Waals surface area contributed by atoms with Crippen molar-refractivity contribution in [1.29, 1.82) is 5.26 Å². The number of aryl methyl sites for hydroxylation is 1. The predicted molar refractivity (Wildman–Crippen MR) is 123 cm³/mol. The highest BCUT2D eigenvalue weighted by molar-refractivity contribution is 6.39. The Hall–Kier alpha value is -4.77. The molecule has 0 unspecified atom stereocenters. The number of ether oxygens (including phenoxy) is 1. The maximum atomic E-state index is 12.5. The Balaban J connectivity index is 1.60. The Bertz CT molecular complexity index is 1240. The maximum absolute atomic E-state index is 12.5. The van der Waals surface area contributed by atoms with Gasteiger partial charge in [0, 0.05) is 11.3 Å². The van der Waals surface area contributed by atoms with E-state index in [9.17, 15) is 14.4 Å². The molecule has 0 radical (unpaired) electrons. The summed E-state index contributed by atoms with van der Waals surface area (Å²) >= 11 is 0. The average molecular weight is 440 g/mol. The summed E-state index contributed by atoms with van der Waals surface area (Å²) in [5, 5.41) is 14.9. The topological polar surface area (TPSA) is 121 Å². The number of para-hydroxylation sites is 1.